The first kappa shape index (κ1) is 19.5. The number of benzene rings is 1. The van der Waals surface area contributed by atoms with Gasteiger partial charge in [0.1, 0.15) is 6.54 Å². The molecule has 1 aromatic rings. The summed E-state index contributed by atoms with van der Waals surface area (Å²) in [7, 11) is 0. The molecule has 1 saturated heterocycles. The van der Waals surface area contributed by atoms with Crippen molar-refractivity contribution < 1.29 is 23.9 Å². The first-order valence-electron chi connectivity index (χ1n) is 7.65. The van der Waals surface area contributed by atoms with E-state index < -0.39 is 11.9 Å². The molecule has 7 nitrogen and oxygen atoms in total. The number of carbonyl (C=O) groups excluding carboxylic acids is 3. The molecule has 2 rings (SSSR count). The number of morpholine rings is 1. The van der Waals surface area contributed by atoms with Gasteiger partial charge in [-0.2, -0.15) is 0 Å². The lowest BCUT2D eigenvalue weighted by Gasteiger charge is -2.30. The number of halogens is 2. The maximum atomic E-state index is 12.0. The molecule has 1 atom stereocenters. The van der Waals surface area contributed by atoms with E-state index in [2.05, 4.69) is 5.32 Å². The second kappa shape index (κ2) is 9.03. The smallest absolute Gasteiger partial charge is 0.325 e. The molecule has 0 aromatic heterocycles. The number of nitrogens with one attached hydrogen (secondary N) is 1. The van der Waals surface area contributed by atoms with Gasteiger partial charge in [0.25, 0.3) is 11.8 Å². The van der Waals surface area contributed by atoms with E-state index in [1.54, 1.807) is 4.90 Å². The summed E-state index contributed by atoms with van der Waals surface area (Å²) in [6.45, 7) is 2.53. The molecule has 0 aliphatic carbocycles. The molecule has 25 heavy (non-hydrogen) atoms. The average molecular weight is 389 g/mol. The highest BCUT2D eigenvalue weighted by molar-refractivity contribution is 6.42. The van der Waals surface area contributed by atoms with Crippen LogP contribution in [-0.4, -0.2) is 61.6 Å². The van der Waals surface area contributed by atoms with E-state index in [-0.39, 0.29) is 35.7 Å². The van der Waals surface area contributed by atoms with Gasteiger partial charge in [0.15, 0.2) is 6.61 Å². The van der Waals surface area contributed by atoms with Crippen LogP contribution >= 0.6 is 23.2 Å². The first-order chi connectivity index (χ1) is 11.9. The summed E-state index contributed by atoms with van der Waals surface area (Å²) in [5.74, 6) is -1.49. The third kappa shape index (κ3) is 5.88. The molecule has 1 aliphatic heterocycles. The third-order valence-electron chi connectivity index (χ3n) is 3.53. The summed E-state index contributed by atoms with van der Waals surface area (Å²) in [5, 5.41) is 2.96. The molecular formula is C16H18Cl2N2O5. The van der Waals surface area contributed by atoms with Crippen LogP contribution in [0.15, 0.2) is 18.2 Å². The van der Waals surface area contributed by atoms with Crippen molar-refractivity contribution in [1.29, 1.82) is 0 Å². The maximum Gasteiger partial charge on any atom is 0.325 e. The maximum absolute atomic E-state index is 12.0. The third-order valence-corrected chi connectivity index (χ3v) is 4.26. The van der Waals surface area contributed by atoms with Gasteiger partial charge >= 0.3 is 5.97 Å². The first-order valence-corrected chi connectivity index (χ1v) is 8.40. The fourth-order valence-electron chi connectivity index (χ4n) is 2.22. The van der Waals surface area contributed by atoms with E-state index in [1.807, 2.05) is 6.92 Å². The minimum absolute atomic E-state index is 0.0427. The van der Waals surface area contributed by atoms with Gasteiger partial charge in [0, 0.05) is 18.7 Å². The van der Waals surface area contributed by atoms with Crippen molar-refractivity contribution in [2.45, 2.75) is 13.0 Å². The van der Waals surface area contributed by atoms with Gasteiger partial charge < -0.3 is 19.7 Å². The van der Waals surface area contributed by atoms with Crippen molar-refractivity contribution in [3.05, 3.63) is 33.8 Å². The van der Waals surface area contributed by atoms with Crippen LogP contribution in [0.1, 0.15) is 17.3 Å². The standard InChI is InChI=1S/C16H18Cl2N2O5/c1-10-8-20(4-5-24-10)14(21)9-25-15(22)7-19-16(23)11-2-3-12(17)13(18)6-11/h2-3,6,10H,4-5,7-9H2,1H3,(H,19,23). The van der Waals surface area contributed by atoms with Gasteiger partial charge in [-0.25, -0.2) is 0 Å². The fourth-order valence-corrected chi connectivity index (χ4v) is 2.52. The SMILES string of the molecule is CC1CN(C(=O)COC(=O)CNC(=O)c2ccc(Cl)c(Cl)c2)CCO1. The summed E-state index contributed by atoms with van der Waals surface area (Å²) in [6.07, 6.45) is -0.0427. The van der Waals surface area contributed by atoms with E-state index in [9.17, 15) is 14.4 Å². The molecule has 1 aliphatic rings. The molecule has 0 saturated carbocycles. The Bertz CT molecular complexity index is 668. The molecule has 1 fully saturated rings. The zero-order chi connectivity index (χ0) is 18.4. The lowest BCUT2D eigenvalue weighted by Crippen LogP contribution is -2.46. The predicted octanol–water partition coefficient (Wildman–Crippen LogP) is 1.51. The number of esters is 1. The molecule has 9 heteroatoms. The van der Waals surface area contributed by atoms with Crippen LogP contribution in [0.2, 0.25) is 10.0 Å². The van der Waals surface area contributed by atoms with Crippen LogP contribution in [0.25, 0.3) is 0 Å². The zero-order valence-corrected chi connectivity index (χ0v) is 15.1. The van der Waals surface area contributed by atoms with Crippen LogP contribution in [-0.2, 0) is 19.1 Å². The molecule has 1 N–H and O–H groups in total. The molecule has 1 aromatic carbocycles. The van der Waals surface area contributed by atoms with E-state index in [0.717, 1.165) is 0 Å². The van der Waals surface area contributed by atoms with Crippen LogP contribution in [0.5, 0.6) is 0 Å². The topological polar surface area (TPSA) is 84.9 Å². The van der Waals surface area contributed by atoms with Crippen molar-refractivity contribution in [1.82, 2.24) is 10.2 Å². The minimum Gasteiger partial charge on any atom is -0.454 e. The van der Waals surface area contributed by atoms with Crippen molar-refractivity contribution in [2.75, 3.05) is 32.8 Å². The molecule has 136 valence electrons. The van der Waals surface area contributed by atoms with Gasteiger partial charge in [-0.3, -0.25) is 14.4 Å². The number of amides is 2. The summed E-state index contributed by atoms with van der Waals surface area (Å²) >= 11 is 11.6. The van der Waals surface area contributed by atoms with Crippen molar-refractivity contribution in [3.8, 4) is 0 Å². The summed E-state index contributed by atoms with van der Waals surface area (Å²) in [6, 6.07) is 4.37. The Morgan fingerprint density at radius 3 is 2.76 bits per heavy atom. The number of hydrogen-bond donors (Lipinski definition) is 1. The normalized spacial score (nSPS) is 17.1. The summed E-state index contributed by atoms with van der Waals surface area (Å²) in [4.78, 5) is 37.1. The Balaban J connectivity index is 1.73. The number of nitrogens with zero attached hydrogens (tertiary/aromatic N) is 1. The molecule has 0 spiro atoms. The van der Waals surface area contributed by atoms with Gasteiger partial charge in [0.2, 0.25) is 0 Å². The Morgan fingerprint density at radius 2 is 2.08 bits per heavy atom. The van der Waals surface area contributed by atoms with Gasteiger partial charge in [-0.15, -0.1) is 0 Å². The highest BCUT2D eigenvalue weighted by atomic mass is 35.5. The molecule has 0 radical (unpaired) electrons. The molecule has 1 unspecified atom stereocenters. The quantitative estimate of drug-likeness (QED) is 0.772. The summed E-state index contributed by atoms with van der Waals surface area (Å²) in [5.41, 5.74) is 0.264. The van der Waals surface area contributed by atoms with E-state index in [1.165, 1.54) is 18.2 Å². The molecule has 1 heterocycles. The van der Waals surface area contributed by atoms with Crippen molar-refractivity contribution in [2.24, 2.45) is 0 Å². The number of hydrogen-bond acceptors (Lipinski definition) is 5. The number of carbonyl (C=O) groups is 3. The second-order valence-corrected chi connectivity index (χ2v) is 6.31. The zero-order valence-electron chi connectivity index (χ0n) is 13.6. The summed E-state index contributed by atoms with van der Waals surface area (Å²) < 4.78 is 10.2. The predicted molar refractivity (Wildman–Crippen MR) is 91.7 cm³/mol. The Labute approximate surface area is 155 Å². The highest BCUT2D eigenvalue weighted by Gasteiger charge is 2.22. The highest BCUT2D eigenvalue weighted by Crippen LogP contribution is 2.22. The van der Waals surface area contributed by atoms with E-state index in [0.29, 0.717) is 24.7 Å². The Morgan fingerprint density at radius 1 is 1.32 bits per heavy atom. The van der Waals surface area contributed by atoms with Crippen LogP contribution < -0.4 is 5.32 Å². The van der Waals surface area contributed by atoms with Gasteiger partial charge in [-0.1, -0.05) is 23.2 Å². The molecule has 0 bridgehead atoms. The lowest BCUT2D eigenvalue weighted by atomic mass is 10.2. The fraction of sp³-hybridized carbons (Fsp3) is 0.438. The van der Waals surface area contributed by atoms with Crippen LogP contribution in [0.4, 0.5) is 0 Å². The van der Waals surface area contributed by atoms with Crippen LogP contribution in [0.3, 0.4) is 0 Å². The van der Waals surface area contributed by atoms with Crippen molar-refractivity contribution in [3.63, 3.8) is 0 Å². The second-order valence-electron chi connectivity index (χ2n) is 5.49. The van der Waals surface area contributed by atoms with Gasteiger partial charge in [0.05, 0.1) is 22.8 Å². The van der Waals surface area contributed by atoms with Crippen molar-refractivity contribution >= 4 is 41.0 Å². The lowest BCUT2D eigenvalue weighted by molar-refractivity contribution is -0.154. The monoisotopic (exact) mass is 388 g/mol. The minimum atomic E-state index is -0.705. The Kier molecular flexibility index (Phi) is 7.04. The number of rotatable bonds is 5. The average Bonchev–Trinajstić information content (AvgIpc) is 2.59. The largest absolute Gasteiger partial charge is 0.454 e. The van der Waals surface area contributed by atoms with Crippen LogP contribution in [0, 0.1) is 0 Å². The molecular weight excluding hydrogens is 371 g/mol. The van der Waals surface area contributed by atoms with E-state index in [4.69, 9.17) is 32.7 Å². The van der Waals surface area contributed by atoms with E-state index >= 15 is 0 Å². The molecule has 2 amide bonds. The van der Waals surface area contributed by atoms with Gasteiger partial charge in [-0.05, 0) is 25.1 Å². The Hall–Kier alpha value is -1.83. The number of ether oxygens (including phenoxy) is 2.